The van der Waals surface area contributed by atoms with E-state index in [4.69, 9.17) is 10.5 Å². The maximum atomic E-state index is 5.70. The van der Waals surface area contributed by atoms with E-state index in [1.807, 2.05) is 18.3 Å². The van der Waals surface area contributed by atoms with E-state index in [9.17, 15) is 0 Å². The van der Waals surface area contributed by atoms with Crippen LogP contribution in [0.15, 0.2) is 35.3 Å². The van der Waals surface area contributed by atoms with Crippen molar-refractivity contribution >= 4 is 32.8 Å². The summed E-state index contributed by atoms with van der Waals surface area (Å²) in [6, 6.07) is 4.21. The van der Waals surface area contributed by atoms with Crippen LogP contribution in [0, 0.1) is 0 Å². The first-order valence-electron chi connectivity index (χ1n) is 6.55. The summed E-state index contributed by atoms with van der Waals surface area (Å²) in [4.78, 5) is 12.6. The summed E-state index contributed by atoms with van der Waals surface area (Å²) in [6.45, 7) is 1.45. The van der Waals surface area contributed by atoms with Crippen molar-refractivity contribution in [3.8, 4) is 11.3 Å². The molecule has 21 heavy (non-hydrogen) atoms. The molecule has 106 valence electrons. The Hall–Kier alpha value is -1.99. The molecule has 1 aliphatic heterocycles. The fourth-order valence-corrected chi connectivity index (χ4v) is 2.87. The minimum atomic E-state index is 0.272. The van der Waals surface area contributed by atoms with Crippen molar-refractivity contribution < 1.29 is 4.74 Å². The van der Waals surface area contributed by atoms with Crippen LogP contribution < -0.4 is 5.73 Å². The van der Waals surface area contributed by atoms with Crippen molar-refractivity contribution in [3.05, 3.63) is 35.3 Å². The fourth-order valence-electron chi connectivity index (χ4n) is 2.54. The molecule has 0 radical (unpaired) electrons. The van der Waals surface area contributed by atoms with Crippen LogP contribution in [0.25, 0.3) is 22.2 Å². The zero-order valence-electron chi connectivity index (χ0n) is 11.0. The summed E-state index contributed by atoms with van der Waals surface area (Å²) in [5, 5.41) is 1.09. The predicted molar refractivity (Wildman–Crippen MR) is 82.7 cm³/mol. The lowest BCUT2D eigenvalue weighted by Crippen LogP contribution is -2.30. The molecular formula is C14H12BrN5O. The van der Waals surface area contributed by atoms with Crippen LogP contribution in [0.4, 0.5) is 5.95 Å². The number of aromatic nitrogens is 4. The van der Waals surface area contributed by atoms with Gasteiger partial charge in [0, 0.05) is 23.3 Å². The van der Waals surface area contributed by atoms with Crippen molar-refractivity contribution in [2.24, 2.45) is 0 Å². The van der Waals surface area contributed by atoms with E-state index in [-0.39, 0.29) is 5.95 Å². The highest BCUT2D eigenvalue weighted by atomic mass is 79.9. The van der Waals surface area contributed by atoms with Crippen molar-refractivity contribution in [3.63, 3.8) is 0 Å². The average molecular weight is 346 g/mol. The summed E-state index contributed by atoms with van der Waals surface area (Å²) in [7, 11) is 0. The van der Waals surface area contributed by atoms with E-state index >= 15 is 0 Å². The Kier molecular flexibility index (Phi) is 2.90. The van der Waals surface area contributed by atoms with Gasteiger partial charge in [0.1, 0.15) is 4.60 Å². The standard InChI is InChI=1S/C14H12BrN5O/c15-13-3-9-10(11-1-2-17-14(16)19-11)5-20(8-6-21-7-8)12(9)4-18-13/h1-5,8H,6-7H2,(H2,16,17,19). The number of fused-ring (bicyclic) bond motifs is 1. The van der Waals surface area contributed by atoms with Gasteiger partial charge in [-0.25, -0.2) is 15.0 Å². The Labute approximate surface area is 129 Å². The number of nitrogen functional groups attached to an aromatic ring is 1. The molecule has 0 bridgehead atoms. The minimum Gasteiger partial charge on any atom is -0.377 e. The Bertz CT molecular complexity index is 827. The first-order chi connectivity index (χ1) is 10.2. The van der Waals surface area contributed by atoms with Crippen LogP contribution >= 0.6 is 15.9 Å². The maximum absolute atomic E-state index is 5.70. The molecule has 0 saturated carbocycles. The molecule has 4 rings (SSSR count). The number of rotatable bonds is 2. The lowest BCUT2D eigenvalue weighted by atomic mass is 10.1. The van der Waals surface area contributed by atoms with E-state index in [1.54, 1.807) is 6.20 Å². The second-order valence-electron chi connectivity index (χ2n) is 4.97. The van der Waals surface area contributed by atoms with Crippen LogP contribution in [0.1, 0.15) is 6.04 Å². The molecule has 0 atom stereocenters. The maximum Gasteiger partial charge on any atom is 0.220 e. The number of pyridine rings is 1. The third-order valence-electron chi connectivity index (χ3n) is 3.65. The van der Waals surface area contributed by atoms with Gasteiger partial charge < -0.3 is 15.0 Å². The smallest absolute Gasteiger partial charge is 0.220 e. The van der Waals surface area contributed by atoms with Crippen molar-refractivity contribution in [1.82, 2.24) is 19.5 Å². The molecule has 0 unspecified atom stereocenters. The van der Waals surface area contributed by atoms with Crippen LogP contribution in [-0.4, -0.2) is 32.7 Å². The van der Waals surface area contributed by atoms with Gasteiger partial charge >= 0.3 is 0 Å². The number of nitrogens with two attached hydrogens (primary N) is 1. The van der Waals surface area contributed by atoms with E-state index in [0.29, 0.717) is 6.04 Å². The molecule has 0 aliphatic carbocycles. The molecule has 0 amide bonds. The van der Waals surface area contributed by atoms with Crippen molar-refractivity contribution in [2.45, 2.75) is 6.04 Å². The summed E-state index contributed by atoms with van der Waals surface area (Å²) in [5.74, 6) is 0.272. The largest absolute Gasteiger partial charge is 0.377 e. The first-order valence-corrected chi connectivity index (χ1v) is 7.34. The summed E-state index contributed by atoms with van der Waals surface area (Å²) < 4.78 is 8.29. The van der Waals surface area contributed by atoms with Crippen LogP contribution in [0.2, 0.25) is 0 Å². The topological polar surface area (TPSA) is 78.8 Å². The molecular weight excluding hydrogens is 334 g/mol. The van der Waals surface area contributed by atoms with Crippen molar-refractivity contribution in [1.29, 1.82) is 0 Å². The van der Waals surface area contributed by atoms with Gasteiger partial charge in [-0.05, 0) is 28.1 Å². The SMILES string of the molecule is Nc1nccc(-c2cn(C3COC3)c3cnc(Br)cc23)n1. The number of anilines is 1. The highest BCUT2D eigenvalue weighted by Gasteiger charge is 2.24. The average Bonchev–Trinajstić information content (AvgIpc) is 2.75. The van der Waals surface area contributed by atoms with Gasteiger partial charge in [0.05, 0.1) is 36.7 Å². The number of nitrogens with zero attached hydrogens (tertiary/aromatic N) is 4. The van der Waals surface area contributed by atoms with E-state index in [0.717, 1.165) is 40.0 Å². The Morgan fingerprint density at radius 2 is 2.19 bits per heavy atom. The lowest BCUT2D eigenvalue weighted by Gasteiger charge is -2.28. The normalized spacial score (nSPS) is 15.3. The second kappa shape index (κ2) is 4.78. The zero-order chi connectivity index (χ0) is 14.4. The van der Waals surface area contributed by atoms with Gasteiger partial charge in [-0.1, -0.05) is 0 Å². The molecule has 0 spiro atoms. The van der Waals surface area contributed by atoms with Gasteiger partial charge in [-0.15, -0.1) is 0 Å². The highest BCUT2D eigenvalue weighted by Crippen LogP contribution is 2.34. The number of hydrogen-bond donors (Lipinski definition) is 1. The first kappa shape index (κ1) is 12.7. The summed E-state index contributed by atoms with van der Waals surface area (Å²) in [6.07, 6.45) is 5.63. The fraction of sp³-hybridized carbons (Fsp3) is 0.214. The number of ether oxygens (including phenoxy) is 1. The van der Waals surface area contributed by atoms with Crippen LogP contribution in [0.5, 0.6) is 0 Å². The molecule has 4 heterocycles. The third kappa shape index (κ3) is 2.09. The number of hydrogen-bond acceptors (Lipinski definition) is 5. The Morgan fingerprint density at radius 3 is 2.90 bits per heavy atom. The Morgan fingerprint density at radius 1 is 1.33 bits per heavy atom. The predicted octanol–water partition coefficient (Wildman–Crippen LogP) is 2.41. The van der Waals surface area contributed by atoms with Gasteiger partial charge in [0.2, 0.25) is 5.95 Å². The van der Waals surface area contributed by atoms with Gasteiger partial charge in [0.15, 0.2) is 0 Å². The number of halogens is 1. The molecule has 2 N–H and O–H groups in total. The van der Waals surface area contributed by atoms with E-state index in [1.165, 1.54) is 0 Å². The second-order valence-corrected chi connectivity index (χ2v) is 5.78. The summed E-state index contributed by atoms with van der Waals surface area (Å²) >= 11 is 3.43. The van der Waals surface area contributed by atoms with Crippen LogP contribution in [-0.2, 0) is 4.74 Å². The highest BCUT2D eigenvalue weighted by molar-refractivity contribution is 9.10. The van der Waals surface area contributed by atoms with Crippen LogP contribution in [0.3, 0.4) is 0 Å². The molecule has 7 heteroatoms. The van der Waals surface area contributed by atoms with Gasteiger partial charge in [-0.2, -0.15) is 0 Å². The lowest BCUT2D eigenvalue weighted by molar-refractivity contribution is -0.0213. The molecule has 1 saturated heterocycles. The van der Waals surface area contributed by atoms with Crippen molar-refractivity contribution in [2.75, 3.05) is 18.9 Å². The van der Waals surface area contributed by atoms with Gasteiger partial charge in [-0.3, -0.25) is 0 Å². The monoisotopic (exact) mass is 345 g/mol. The molecule has 0 aromatic carbocycles. The van der Waals surface area contributed by atoms with Gasteiger partial charge in [0.25, 0.3) is 0 Å². The van der Waals surface area contributed by atoms with E-state index in [2.05, 4.69) is 41.6 Å². The minimum absolute atomic E-state index is 0.272. The quantitative estimate of drug-likeness (QED) is 0.721. The molecule has 6 nitrogen and oxygen atoms in total. The third-order valence-corrected chi connectivity index (χ3v) is 4.08. The summed E-state index contributed by atoms with van der Waals surface area (Å²) in [5.41, 5.74) is 8.60. The molecule has 3 aromatic heterocycles. The molecule has 1 aliphatic rings. The molecule has 1 fully saturated rings. The zero-order valence-corrected chi connectivity index (χ0v) is 12.6. The van der Waals surface area contributed by atoms with E-state index < -0.39 is 0 Å². The molecule has 3 aromatic rings. The Balaban J connectivity index is 1.97.